The van der Waals surface area contributed by atoms with E-state index in [0.29, 0.717) is 11.6 Å². The highest BCUT2D eigenvalue weighted by Crippen LogP contribution is 2.35. The number of hydrogen-bond donors (Lipinski definition) is 2. The van der Waals surface area contributed by atoms with E-state index in [2.05, 4.69) is 5.43 Å². The van der Waals surface area contributed by atoms with Crippen molar-refractivity contribution in [3.63, 3.8) is 0 Å². The maximum atomic E-state index is 14.1. The fourth-order valence-corrected chi connectivity index (χ4v) is 2.70. The molecule has 0 aliphatic carbocycles. The van der Waals surface area contributed by atoms with Gasteiger partial charge in [0.15, 0.2) is 0 Å². The highest BCUT2D eigenvalue weighted by molar-refractivity contribution is 7.10. The number of aryl methyl sites for hydroxylation is 1. The number of nitrogens with one attached hydrogen (secondary N) is 1. The number of hydrazine groups is 1. The summed E-state index contributed by atoms with van der Waals surface area (Å²) in [6.07, 6.45) is -4.73. The number of hydrogen-bond acceptors (Lipinski definition) is 3. The van der Waals surface area contributed by atoms with Gasteiger partial charge in [-0.05, 0) is 30.0 Å². The topological polar surface area (TPSA) is 38.0 Å². The van der Waals surface area contributed by atoms with Gasteiger partial charge in [0.2, 0.25) is 0 Å². The van der Waals surface area contributed by atoms with Crippen molar-refractivity contribution in [2.75, 3.05) is 0 Å². The monoisotopic (exact) mass is 304 g/mol. The molecule has 2 aromatic rings. The minimum Gasteiger partial charge on any atom is -0.271 e. The van der Waals surface area contributed by atoms with Gasteiger partial charge in [-0.25, -0.2) is 9.82 Å². The van der Waals surface area contributed by atoms with E-state index in [9.17, 15) is 17.6 Å². The quantitative estimate of drug-likeness (QED) is 0.515. The average molecular weight is 304 g/mol. The van der Waals surface area contributed by atoms with E-state index in [0.717, 1.165) is 4.88 Å². The van der Waals surface area contributed by atoms with E-state index >= 15 is 0 Å². The molecular formula is C13H12F4N2S. The number of benzene rings is 1. The van der Waals surface area contributed by atoms with Crippen LogP contribution >= 0.6 is 11.3 Å². The molecule has 0 radical (unpaired) electrons. The van der Waals surface area contributed by atoms with Crippen LogP contribution < -0.4 is 11.3 Å². The fourth-order valence-electron chi connectivity index (χ4n) is 1.97. The smallest absolute Gasteiger partial charge is 0.271 e. The molecule has 2 rings (SSSR count). The van der Waals surface area contributed by atoms with Gasteiger partial charge in [-0.3, -0.25) is 5.84 Å². The normalized spacial score (nSPS) is 13.5. The zero-order chi connectivity index (χ0) is 14.9. The number of rotatable bonds is 3. The molecule has 20 heavy (non-hydrogen) atoms. The van der Waals surface area contributed by atoms with Gasteiger partial charge in [-0.2, -0.15) is 13.2 Å². The summed E-state index contributed by atoms with van der Waals surface area (Å²) in [5.74, 6) is 4.08. The molecule has 1 aromatic carbocycles. The zero-order valence-corrected chi connectivity index (χ0v) is 11.3. The van der Waals surface area contributed by atoms with Crippen molar-refractivity contribution in [2.24, 2.45) is 5.84 Å². The zero-order valence-electron chi connectivity index (χ0n) is 10.5. The van der Waals surface area contributed by atoms with Crippen molar-refractivity contribution in [1.82, 2.24) is 5.43 Å². The van der Waals surface area contributed by atoms with Crippen molar-refractivity contribution in [3.8, 4) is 0 Å². The van der Waals surface area contributed by atoms with E-state index in [-0.39, 0.29) is 5.56 Å². The van der Waals surface area contributed by atoms with Gasteiger partial charge in [0.25, 0.3) is 0 Å². The largest absolute Gasteiger partial charge is 0.419 e. The first kappa shape index (κ1) is 15.0. The van der Waals surface area contributed by atoms with Gasteiger partial charge in [0.05, 0.1) is 11.6 Å². The second kappa shape index (κ2) is 5.51. The summed E-state index contributed by atoms with van der Waals surface area (Å²) >= 11 is 1.42. The molecule has 1 aromatic heterocycles. The highest BCUT2D eigenvalue weighted by atomic mass is 32.1. The van der Waals surface area contributed by atoms with Crippen LogP contribution in [0.5, 0.6) is 0 Å². The van der Waals surface area contributed by atoms with Crippen LogP contribution in [-0.4, -0.2) is 0 Å². The van der Waals surface area contributed by atoms with E-state index in [1.54, 1.807) is 11.4 Å². The van der Waals surface area contributed by atoms with Crippen molar-refractivity contribution in [1.29, 1.82) is 0 Å². The van der Waals surface area contributed by atoms with Crippen molar-refractivity contribution >= 4 is 11.3 Å². The van der Waals surface area contributed by atoms with E-state index < -0.39 is 23.6 Å². The van der Waals surface area contributed by atoms with E-state index in [1.165, 1.54) is 23.5 Å². The van der Waals surface area contributed by atoms with Crippen LogP contribution in [0.25, 0.3) is 0 Å². The molecule has 0 aliphatic heterocycles. The predicted octanol–water partition coefficient (Wildman–Crippen LogP) is 3.77. The summed E-state index contributed by atoms with van der Waals surface area (Å²) in [6.45, 7) is 1.85. The molecule has 1 heterocycles. The number of alkyl halides is 3. The summed E-state index contributed by atoms with van der Waals surface area (Å²) in [6, 6.07) is 4.12. The van der Waals surface area contributed by atoms with Crippen LogP contribution in [0.15, 0.2) is 29.6 Å². The Bertz CT molecular complexity index is 607. The van der Waals surface area contributed by atoms with E-state index in [1.807, 2.05) is 6.92 Å². The lowest BCUT2D eigenvalue weighted by Crippen LogP contribution is -2.29. The third kappa shape index (κ3) is 2.84. The first-order chi connectivity index (χ1) is 9.34. The third-order valence-corrected chi connectivity index (χ3v) is 3.78. The van der Waals surface area contributed by atoms with Crippen LogP contribution in [0.1, 0.15) is 27.6 Å². The molecule has 108 valence electrons. The summed E-state index contributed by atoms with van der Waals surface area (Å²) in [5.41, 5.74) is 1.58. The predicted molar refractivity (Wildman–Crippen MR) is 69.6 cm³/mol. The molecule has 0 spiro atoms. The maximum absolute atomic E-state index is 14.1. The summed E-state index contributed by atoms with van der Waals surface area (Å²) in [7, 11) is 0. The Morgan fingerprint density at radius 1 is 1.30 bits per heavy atom. The van der Waals surface area contributed by atoms with Crippen LogP contribution in [-0.2, 0) is 6.18 Å². The van der Waals surface area contributed by atoms with Gasteiger partial charge < -0.3 is 0 Å². The first-order valence-electron chi connectivity index (χ1n) is 5.71. The fraction of sp³-hybridized carbons (Fsp3) is 0.231. The Labute approximate surface area is 117 Å². The second-order valence-corrected chi connectivity index (χ2v) is 5.41. The average Bonchev–Trinajstić information content (AvgIpc) is 2.77. The molecule has 0 saturated heterocycles. The van der Waals surface area contributed by atoms with E-state index in [4.69, 9.17) is 5.84 Å². The number of halogens is 4. The van der Waals surface area contributed by atoms with Crippen molar-refractivity contribution in [3.05, 3.63) is 57.0 Å². The maximum Gasteiger partial charge on any atom is 0.419 e. The molecule has 1 atom stereocenters. The lowest BCUT2D eigenvalue weighted by atomic mass is 9.98. The van der Waals surface area contributed by atoms with Crippen molar-refractivity contribution < 1.29 is 17.6 Å². The molecule has 0 amide bonds. The third-order valence-electron chi connectivity index (χ3n) is 2.90. The molecule has 0 saturated carbocycles. The summed E-state index contributed by atoms with van der Waals surface area (Å²) in [4.78, 5) is 0.965. The minimum absolute atomic E-state index is 0.125. The van der Waals surface area contributed by atoms with Crippen LogP contribution in [0, 0.1) is 12.7 Å². The van der Waals surface area contributed by atoms with Crippen LogP contribution in [0.4, 0.5) is 17.6 Å². The lowest BCUT2D eigenvalue weighted by Gasteiger charge is -2.18. The van der Waals surface area contributed by atoms with Crippen molar-refractivity contribution in [2.45, 2.75) is 19.1 Å². The Morgan fingerprint density at radius 3 is 2.50 bits per heavy atom. The van der Waals surface area contributed by atoms with Gasteiger partial charge in [-0.1, -0.05) is 12.1 Å². The molecule has 2 nitrogen and oxygen atoms in total. The second-order valence-electron chi connectivity index (χ2n) is 4.30. The highest BCUT2D eigenvalue weighted by Gasteiger charge is 2.35. The molecule has 7 heteroatoms. The summed E-state index contributed by atoms with van der Waals surface area (Å²) in [5, 5.41) is 1.74. The van der Waals surface area contributed by atoms with Gasteiger partial charge in [0, 0.05) is 10.4 Å². The Balaban J connectivity index is 2.51. The first-order valence-corrected chi connectivity index (χ1v) is 6.59. The van der Waals surface area contributed by atoms with Crippen LogP contribution in [0.2, 0.25) is 0 Å². The number of thiophene rings is 1. The van der Waals surface area contributed by atoms with Gasteiger partial charge >= 0.3 is 6.18 Å². The number of nitrogens with two attached hydrogens (primary N) is 1. The molecular weight excluding hydrogens is 292 g/mol. The van der Waals surface area contributed by atoms with Gasteiger partial charge in [-0.15, -0.1) is 11.3 Å². The molecule has 3 N–H and O–H groups in total. The Kier molecular flexibility index (Phi) is 4.12. The SMILES string of the molecule is Cc1cc(C(NN)c2cccc(C(F)(F)F)c2F)cs1. The minimum atomic E-state index is -4.73. The Hall–Kier alpha value is -1.44. The molecule has 0 bridgehead atoms. The Morgan fingerprint density at radius 2 is 2.00 bits per heavy atom. The summed E-state index contributed by atoms with van der Waals surface area (Å²) < 4.78 is 52.2. The van der Waals surface area contributed by atoms with Crippen LogP contribution in [0.3, 0.4) is 0 Å². The standard InChI is InChI=1S/C13H12F4N2S/c1-7-5-8(6-20-7)12(19-18)9-3-2-4-10(11(9)14)13(15,16)17/h2-6,12,19H,18H2,1H3. The molecule has 0 aliphatic rings. The molecule has 1 unspecified atom stereocenters. The lowest BCUT2D eigenvalue weighted by molar-refractivity contribution is -0.140. The van der Waals surface area contributed by atoms with Gasteiger partial charge in [0.1, 0.15) is 5.82 Å². The molecule has 0 fully saturated rings.